The number of aromatic nitrogens is 5. The van der Waals surface area contributed by atoms with Crippen LogP contribution in [-0.2, 0) is 11.2 Å². The molecule has 2 N–H and O–H groups in total. The molecule has 0 saturated carbocycles. The fourth-order valence-electron chi connectivity index (χ4n) is 8.15. The summed E-state index contributed by atoms with van der Waals surface area (Å²) in [5, 5.41) is 22.0. The highest BCUT2D eigenvalue weighted by Crippen LogP contribution is 2.49. The molecule has 9 rings (SSSR count). The van der Waals surface area contributed by atoms with Gasteiger partial charge >= 0.3 is 6.01 Å². The van der Waals surface area contributed by atoms with Crippen LogP contribution in [0, 0.1) is 5.82 Å². The molecule has 7 heterocycles. The molecular weight excluding hydrogens is 669 g/mol. The van der Waals surface area contributed by atoms with Gasteiger partial charge in [0.05, 0.1) is 58.1 Å². The Morgan fingerprint density at radius 1 is 1.20 bits per heavy atom. The van der Waals surface area contributed by atoms with Crippen LogP contribution in [0.3, 0.4) is 0 Å². The highest BCUT2D eigenvalue weighted by Gasteiger charge is 2.47. The molecule has 4 aromatic heterocycles. The molecule has 0 unspecified atom stereocenters. The number of benzene rings is 2. The Labute approximate surface area is 288 Å². The number of nitrogens with zero attached hydrogens (tertiary/aromatic N) is 6. The van der Waals surface area contributed by atoms with E-state index in [2.05, 4.69) is 15.1 Å². The van der Waals surface area contributed by atoms with Crippen molar-refractivity contribution in [3.63, 3.8) is 0 Å². The molecule has 3 aliphatic rings. The Morgan fingerprint density at radius 2 is 2.10 bits per heavy atom. The molecule has 0 radical (unpaired) electrons. The van der Waals surface area contributed by atoms with Gasteiger partial charge in [-0.2, -0.15) is 19.4 Å². The lowest BCUT2D eigenvalue weighted by Crippen LogP contribution is -2.43. The Balaban J connectivity index is 1.23. The van der Waals surface area contributed by atoms with Gasteiger partial charge in [0.15, 0.2) is 0 Å². The van der Waals surface area contributed by atoms with Crippen LogP contribution in [-0.4, -0.2) is 91.7 Å². The Morgan fingerprint density at radius 3 is 2.96 bits per heavy atom. The minimum atomic E-state index is -1.10. The number of H-pyrrole nitrogens is 1. The van der Waals surface area contributed by atoms with Crippen molar-refractivity contribution in [2.75, 3.05) is 50.9 Å². The largest absolute Gasteiger partial charge is 0.461 e. The third kappa shape index (κ3) is 5.02. The molecule has 0 aliphatic carbocycles. The molecule has 3 fully saturated rings. The van der Waals surface area contributed by atoms with Gasteiger partial charge in [-0.05, 0) is 84.7 Å². The number of aryl methyl sites for hydroxylation is 1. The third-order valence-electron chi connectivity index (χ3n) is 10.3. The van der Waals surface area contributed by atoms with E-state index in [1.54, 1.807) is 13.1 Å². The number of aliphatic hydroxyl groups is 1. The smallest absolute Gasteiger partial charge is 0.319 e. The van der Waals surface area contributed by atoms with E-state index in [1.807, 2.05) is 24.0 Å². The van der Waals surface area contributed by atoms with Crippen LogP contribution in [0.4, 0.5) is 14.6 Å². The second-order valence-electron chi connectivity index (χ2n) is 13.8. The van der Waals surface area contributed by atoms with Gasteiger partial charge in [-0.3, -0.25) is 10.00 Å². The molecule has 254 valence electrons. The van der Waals surface area contributed by atoms with E-state index in [1.165, 1.54) is 28.9 Å². The second-order valence-corrected chi connectivity index (χ2v) is 15.6. The fraction of sp³-hybridized carbons (Fsp3) is 0.429. The first-order chi connectivity index (χ1) is 23.8. The molecule has 49 heavy (non-hydrogen) atoms. The summed E-state index contributed by atoms with van der Waals surface area (Å²) in [4.78, 5) is 15.1. The summed E-state index contributed by atoms with van der Waals surface area (Å²) in [6, 6.07) is 5.59. The number of hydrogen-bond acceptors (Lipinski definition) is 11. The Hall–Kier alpha value is -3.82. The molecule has 0 amide bonds. The maximum atomic E-state index is 15.3. The van der Waals surface area contributed by atoms with Gasteiger partial charge in [0.2, 0.25) is 0 Å². The molecule has 10 nitrogen and oxygen atoms in total. The van der Waals surface area contributed by atoms with Crippen molar-refractivity contribution in [1.29, 1.82) is 0 Å². The van der Waals surface area contributed by atoms with E-state index in [4.69, 9.17) is 23.8 Å². The SMILES string of the molecule is CCc1c(F)ccc2cc3[nH]ncc3c(-c3nsc4c3sc3nc(OC[C@@]56CCCN5C/C(=C\F)C6)nc(N5CCOC[C@@](C)(O)C5)c34)c12. The highest BCUT2D eigenvalue weighted by atomic mass is 32.1. The topological polar surface area (TPSA) is 113 Å². The summed E-state index contributed by atoms with van der Waals surface area (Å²) in [7, 11) is 0. The van der Waals surface area contributed by atoms with E-state index in [0.717, 1.165) is 83.8 Å². The lowest BCUT2D eigenvalue weighted by Gasteiger charge is -2.31. The van der Waals surface area contributed by atoms with Crippen molar-refractivity contribution in [1.82, 2.24) is 29.4 Å². The summed E-state index contributed by atoms with van der Waals surface area (Å²) in [6.45, 7) is 7.07. The number of anilines is 1. The van der Waals surface area contributed by atoms with Gasteiger partial charge < -0.3 is 19.5 Å². The van der Waals surface area contributed by atoms with Gasteiger partial charge in [-0.25, -0.2) is 8.78 Å². The van der Waals surface area contributed by atoms with Crippen LogP contribution < -0.4 is 9.64 Å². The molecule has 2 atom stereocenters. The van der Waals surface area contributed by atoms with Crippen molar-refractivity contribution in [2.24, 2.45) is 0 Å². The lowest BCUT2D eigenvalue weighted by atomic mass is 9.93. The maximum Gasteiger partial charge on any atom is 0.319 e. The number of nitrogens with one attached hydrogen (secondary N) is 1. The Kier molecular flexibility index (Phi) is 7.40. The molecule has 0 spiro atoms. The van der Waals surface area contributed by atoms with Gasteiger partial charge in [-0.1, -0.05) is 13.0 Å². The van der Waals surface area contributed by atoms with E-state index in [0.29, 0.717) is 57.1 Å². The van der Waals surface area contributed by atoms with Crippen LogP contribution in [0.1, 0.15) is 38.7 Å². The van der Waals surface area contributed by atoms with Crippen LogP contribution >= 0.6 is 22.9 Å². The minimum absolute atomic E-state index is 0.214. The van der Waals surface area contributed by atoms with E-state index in [9.17, 15) is 9.50 Å². The molecule has 3 saturated heterocycles. The zero-order valence-electron chi connectivity index (χ0n) is 27.2. The minimum Gasteiger partial charge on any atom is -0.461 e. The number of ether oxygens (including phenoxy) is 2. The van der Waals surface area contributed by atoms with E-state index < -0.39 is 5.60 Å². The van der Waals surface area contributed by atoms with Crippen LogP contribution in [0.2, 0.25) is 0 Å². The number of fused-ring (bicyclic) bond motifs is 6. The fourth-order valence-corrected chi connectivity index (χ4v) is 10.4. The summed E-state index contributed by atoms with van der Waals surface area (Å²) in [5.41, 5.74) is 2.49. The van der Waals surface area contributed by atoms with Crippen molar-refractivity contribution in [3.05, 3.63) is 47.7 Å². The van der Waals surface area contributed by atoms with Crippen molar-refractivity contribution >= 4 is 70.0 Å². The van der Waals surface area contributed by atoms with Gasteiger partial charge in [-0.15, -0.1) is 11.3 Å². The summed E-state index contributed by atoms with van der Waals surface area (Å²) in [5.74, 6) is 0.402. The van der Waals surface area contributed by atoms with Gasteiger partial charge in [0, 0.05) is 24.0 Å². The number of rotatable bonds is 6. The molecular formula is C35H35F2N7O3S2. The average Bonchev–Trinajstić information content (AvgIpc) is 3.89. The monoisotopic (exact) mass is 703 g/mol. The van der Waals surface area contributed by atoms with Crippen molar-refractivity contribution in [3.8, 4) is 17.3 Å². The van der Waals surface area contributed by atoms with Crippen LogP contribution in [0.25, 0.3) is 52.5 Å². The molecule has 2 aromatic carbocycles. The molecule has 6 aromatic rings. The van der Waals surface area contributed by atoms with Crippen molar-refractivity contribution in [2.45, 2.75) is 50.7 Å². The third-order valence-corrected chi connectivity index (χ3v) is 12.4. The number of aromatic amines is 1. The predicted molar refractivity (Wildman–Crippen MR) is 189 cm³/mol. The van der Waals surface area contributed by atoms with Gasteiger partial charge in [0.1, 0.15) is 34.4 Å². The highest BCUT2D eigenvalue weighted by molar-refractivity contribution is 7.31. The second kappa shape index (κ2) is 11.6. The molecule has 14 heteroatoms. The van der Waals surface area contributed by atoms with E-state index in [-0.39, 0.29) is 24.0 Å². The van der Waals surface area contributed by atoms with E-state index >= 15 is 4.39 Å². The van der Waals surface area contributed by atoms with Crippen LogP contribution in [0.15, 0.2) is 36.3 Å². The number of halogens is 2. The first-order valence-electron chi connectivity index (χ1n) is 16.7. The lowest BCUT2D eigenvalue weighted by molar-refractivity contribution is -0.0123. The summed E-state index contributed by atoms with van der Waals surface area (Å²) >= 11 is 2.87. The maximum absolute atomic E-state index is 15.3. The number of thiophene rings is 1. The number of β-amino-alcohol motifs (C(OH)–C–C–N with tert-alkyl or cyclic N) is 1. The zero-order valence-corrected chi connectivity index (χ0v) is 28.8. The first kappa shape index (κ1) is 31.2. The summed E-state index contributed by atoms with van der Waals surface area (Å²) in [6.07, 6.45) is 5.63. The standard InChI is InChI=1S/C35H35F2N7O3S2/c1-3-21-23(37)6-5-20-11-24-22(14-38-41-24)26(25(20)21)28-30-29(49-42-28)27-31(43-9-10-46-17-34(2,45)16-43)39-33(40-32(27)48-30)47-18-35-7-4-8-44(35)15-19(12-35)13-36/h5-6,11,13-14,45H,3-4,7-10,12,15-18H2,1-2H3,(H,38,41)/b19-13-/t34-,35-/m0/s1. The summed E-state index contributed by atoms with van der Waals surface area (Å²) < 4.78 is 48.0. The zero-order chi connectivity index (χ0) is 33.5. The quantitative estimate of drug-likeness (QED) is 0.194. The van der Waals surface area contributed by atoms with Crippen LogP contribution in [0.5, 0.6) is 6.01 Å². The Bertz CT molecular complexity index is 2300. The normalized spacial score (nSPS) is 24.3. The molecule has 0 bridgehead atoms. The van der Waals surface area contributed by atoms with Gasteiger partial charge in [0.25, 0.3) is 0 Å². The predicted octanol–water partition coefficient (Wildman–Crippen LogP) is 6.76. The number of hydrogen-bond donors (Lipinski definition) is 2. The molecule has 3 aliphatic heterocycles. The average molecular weight is 704 g/mol. The van der Waals surface area contributed by atoms with Crippen molar-refractivity contribution < 1.29 is 23.4 Å². The first-order valence-corrected chi connectivity index (χ1v) is 18.2.